The van der Waals surface area contributed by atoms with E-state index in [0.717, 1.165) is 24.9 Å². The van der Waals surface area contributed by atoms with E-state index in [9.17, 15) is 5.11 Å². The second-order valence-electron chi connectivity index (χ2n) is 6.14. The first-order valence-electron chi connectivity index (χ1n) is 6.81. The van der Waals surface area contributed by atoms with Gasteiger partial charge in [0.25, 0.3) is 0 Å². The van der Waals surface area contributed by atoms with Gasteiger partial charge in [-0.3, -0.25) is 4.90 Å². The average Bonchev–Trinajstić information content (AvgIpc) is 2.67. The third-order valence-electron chi connectivity index (χ3n) is 5.05. The summed E-state index contributed by atoms with van der Waals surface area (Å²) < 4.78 is 0. The van der Waals surface area contributed by atoms with Gasteiger partial charge >= 0.3 is 0 Å². The van der Waals surface area contributed by atoms with Crippen molar-refractivity contribution in [2.45, 2.75) is 69.3 Å². The quantitative estimate of drug-likeness (QED) is 0.721. The summed E-state index contributed by atoms with van der Waals surface area (Å²) in [5.74, 6) is 0. The van der Waals surface area contributed by atoms with E-state index in [2.05, 4.69) is 23.8 Å². The number of nitrogens with zero attached hydrogens (tertiary/aromatic N) is 2. The van der Waals surface area contributed by atoms with Crippen LogP contribution in [0.1, 0.15) is 39.0 Å². The summed E-state index contributed by atoms with van der Waals surface area (Å²) in [6.07, 6.45) is 5.97. The maximum Gasteiger partial charge on any atom is 0.0570 e. The third-order valence-corrected chi connectivity index (χ3v) is 5.05. The molecule has 0 aromatic rings. The predicted molar refractivity (Wildman–Crippen MR) is 64.4 cm³/mol. The smallest absolute Gasteiger partial charge is 0.0570 e. The van der Waals surface area contributed by atoms with Gasteiger partial charge in [0.05, 0.1) is 6.10 Å². The minimum absolute atomic E-state index is 0.0229. The molecule has 0 radical (unpaired) electrons. The van der Waals surface area contributed by atoms with Crippen LogP contribution >= 0.6 is 0 Å². The van der Waals surface area contributed by atoms with E-state index in [1.807, 2.05) is 0 Å². The summed E-state index contributed by atoms with van der Waals surface area (Å²) in [6.45, 7) is 3.56. The number of aliphatic hydroxyl groups excluding tert-OH is 1. The van der Waals surface area contributed by atoms with Crippen molar-refractivity contribution in [3.8, 4) is 0 Å². The van der Waals surface area contributed by atoms with Crippen LogP contribution < -0.4 is 0 Å². The first kappa shape index (κ1) is 11.0. The molecule has 92 valence electrons. The highest BCUT2D eigenvalue weighted by atomic mass is 16.3. The van der Waals surface area contributed by atoms with Gasteiger partial charge < -0.3 is 10.0 Å². The first-order chi connectivity index (χ1) is 7.65. The second kappa shape index (κ2) is 3.97. The Morgan fingerprint density at radius 2 is 1.62 bits per heavy atom. The molecule has 16 heavy (non-hydrogen) atoms. The van der Waals surface area contributed by atoms with Gasteiger partial charge in [-0.15, -0.1) is 0 Å². The minimum Gasteiger partial charge on any atom is -0.393 e. The maximum absolute atomic E-state index is 9.82. The Bertz CT molecular complexity index is 247. The van der Waals surface area contributed by atoms with E-state index in [1.165, 1.54) is 25.8 Å². The van der Waals surface area contributed by atoms with Crippen molar-refractivity contribution in [2.75, 3.05) is 13.6 Å². The summed E-state index contributed by atoms with van der Waals surface area (Å²) >= 11 is 0. The third kappa shape index (κ3) is 1.69. The number of hydrogen-bond donors (Lipinski definition) is 1. The molecule has 2 bridgehead atoms. The molecule has 3 rings (SSSR count). The molecule has 1 N–H and O–H groups in total. The average molecular weight is 224 g/mol. The van der Waals surface area contributed by atoms with Crippen LogP contribution in [0, 0.1) is 0 Å². The van der Waals surface area contributed by atoms with Gasteiger partial charge in [-0.1, -0.05) is 0 Å². The van der Waals surface area contributed by atoms with Gasteiger partial charge in [-0.25, -0.2) is 0 Å². The Labute approximate surface area is 98.4 Å². The van der Waals surface area contributed by atoms with Crippen molar-refractivity contribution >= 4 is 0 Å². The molecule has 0 spiro atoms. The number of aliphatic hydroxyl groups is 1. The van der Waals surface area contributed by atoms with E-state index in [4.69, 9.17) is 0 Å². The number of rotatable bonds is 1. The number of likely N-dealkylation sites (N-methyl/N-ethyl adjacent to an activating group) is 1. The van der Waals surface area contributed by atoms with Crippen molar-refractivity contribution < 1.29 is 5.11 Å². The molecular weight excluding hydrogens is 200 g/mol. The maximum atomic E-state index is 9.82. The molecule has 0 aromatic heterocycles. The Hall–Kier alpha value is -0.120. The van der Waals surface area contributed by atoms with Crippen LogP contribution in [0.25, 0.3) is 0 Å². The van der Waals surface area contributed by atoms with E-state index in [0.29, 0.717) is 12.1 Å². The molecule has 3 aliphatic rings. The molecule has 3 nitrogen and oxygen atoms in total. The lowest BCUT2D eigenvalue weighted by molar-refractivity contribution is 0.0129. The Morgan fingerprint density at radius 1 is 1.00 bits per heavy atom. The van der Waals surface area contributed by atoms with Gasteiger partial charge in [-0.05, 0) is 46.1 Å². The molecule has 0 amide bonds. The van der Waals surface area contributed by atoms with Crippen LogP contribution in [0.2, 0.25) is 0 Å². The van der Waals surface area contributed by atoms with Crippen molar-refractivity contribution in [1.82, 2.24) is 9.80 Å². The molecule has 3 heterocycles. The molecule has 3 saturated heterocycles. The van der Waals surface area contributed by atoms with E-state index >= 15 is 0 Å². The van der Waals surface area contributed by atoms with Crippen LogP contribution in [0.3, 0.4) is 0 Å². The van der Waals surface area contributed by atoms with Crippen molar-refractivity contribution in [1.29, 1.82) is 0 Å². The summed E-state index contributed by atoms with van der Waals surface area (Å²) in [5.41, 5.74) is 0. The van der Waals surface area contributed by atoms with E-state index < -0.39 is 0 Å². The van der Waals surface area contributed by atoms with Crippen LogP contribution in [0.4, 0.5) is 0 Å². The lowest BCUT2D eigenvalue weighted by Gasteiger charge is -2.41. The van der Waals surface area contributed by atoms with Crippen LogP contribution in [-0.2, 0) is 0 Å². The fourth-order valence-corrected chi connectivity index (χ4v) is 4.16. The van der Waals surface area contributed by atoms with Crippen molar-refractivity contribution in [2.24, 2.45) is 0 Å². The van der Waals surface area contributed by atoms with Crippen LogP contribution in [-0.4, -0.2) is 58.8 Å². The normalized spacial score (nSPS) is 50.1. The van der Waals surface area contributed by atoms with Crippen molar-refractivity contribution in [3.63, 3.8) is 0 Å². The molecule has 0 aliphatic carbocycles. The highest BCUT2D eigenvalue weighted by molar-refractivity contribution is 5.01. The molecule has 0 saturated carbocycles. The monoisotopic (exact) mass is 224 g/mol. The first-order valence-corrected chi connectivity index (χ1v) is 6.81. The fraction of sp³-hybridized carbons (Fsp3) is 1.00. The summed E-state index contributed by atoms with van der Waals surface area (Å²) in [7, 11) is 2.24. The zero-order chi connectivity index (χ0) is 11.3. The van der Waals surface area contributed by atoms with Crippen LogP contribution in [0.15, 0.2) is 0 Å². The SMILES string of the molecule is CC1CC(N2C3CCC2CC(O)C3)CN1C. The van der Waals surface area contributed by atoms with E-state index in [-0.39, 0.29) is 6.10 Å². The Balaban J connectivity index is 1.72. The van der Waals surface area contributed by atoms with Gasteiger partial charge in [0.15, 0.2) is 0 Å². The predicted octanol–water partition coefficient (Wildman–Crippen LogP) is 1.07. The number of fused-ring (bicyclic) bond motifs is 2. The number of hydrogen-bond acceptors (Lipinski definition) is 3. The largest absolute Gasteiger partial charge is 0.393 e. The zero-order valence-electron chi connectivity index (χ0n) is 10.5. The number of piperidine rings is 1. The summed E-state index contributed by atoms with van der Waals surface area (Å²) in [6, 6.07) is 2.84. The molecule has 3 aliphatic heterocycles. The van der Waals surface area contributed by atoms with Gasteiger partial charge in [-0.2, -0.15) is 0 Å². The molecule has 4 unspecified atom stereocenters. The topological polar surface area (TPSA) is 26.7 Å². The van der Waals surface area contributed by atoms with Crippen LogP contribution in [0.5, 0.6) is 0 Å². The summed E-state index contributed by atoms with van der Waals surface area (Å²) in [4.78, 5) is 5.24. The lowest BCUT2D eigenvalue weighted by Crippen LogP contribution is -2.50. The molecule has 4 atom stereocenters. The van der Waals surface area contributed by atoms with Gasteiger partial charge in [0.2, 0.25) is 0 Å². The van der Waals surface area contributed by atoms with E-state index in [1.54, 1.807) is 0 Å². The van der Waals surface area contributed by atoms with Gasteiger partial charge in [0.1, 0.15) is 0 Å². The molecule has 0 aromatic carbocycles. The molecular formula is C13H24N2O. The molecule has 3 heteroatoms. The Morgan fingerprint density at radius 3 is 2.12 bits per heavy atom. The Kier molecular flexibility index (Phi) is 2.73. The number of likely N-dealkylation sites (tertiary alicyclic amines) is 1. The second-order valence-corrected chi connectivity index (χ2v) is 6.14. The minimum atomic E-state index is -0.0229. The standard InChI is InChI=1S/C13H24N2O/c1-9-5-12(8-14(9)2)15-10-3-4-11(15)7-13(16)6-10/h9-13,16H,3-8H2,1-2H3. The highest BCUT2D eigenvalue weighted by Gasteiger charge is 2.45. The summed E-state index contributed by atoms with van der Waals surface area (Å²) in [5, 5.41) is 9.82. The van der Waals surface area contributed by atoms with Crippen molar-refractivity contribution in [3.05, 3.63) is 0 Å². The molecule has 3 fully saturated rings. The fourth-order valence-electron chi connectivity index (χ4n) is 4.16. The lowest BCUT2D eigenvalue weighted by atomic mass is 9.97. The zero-order valence-corrected chi connectivity index (χ0v) is 10.5. The van der Waals surface area contributed by atoms with Gasteiger partial charge in [0, 0.05) is 30.7 Å². The highest BCUT2D eigenvalue weighted by Crippen LogP contribution is 2.39.